The number of ether oxygens (including phenoxy) is 1. The van der Waals surface area contributed by atoms with Crippen molar-refractivity contribution in [1.29, 1.82) is 0 Å². The Hall–Kier alpha value is -1.59. The van der Waals surface area contributed by atoms with Gasteiger partial charge in [-0.3, -0.25) is 0 Å². The van der Waals surface area contributed by atoms with Crippen molar-refractivity contribution in [2.24, 2.45) is 0 Å². The van der Waals surface area contributed by atoms with Crippen LogP contribution in [0, 0.1) is 6.92 Å². The van der Waals surface area contributed by atoms with Crippen LogP contribution in [-0.4, -0.2) is 25.6 Å². The maximum Gasteiger partial charge on any atom is 0.266 e. The van der Waals surface area contributed by atoms with Crippen molar-refractivity contribution in [3.05, 3.63) is 54.3 Å². The Morgan fingerprint density at radius 2 is 2.05 bits per heavy atom. The molecule has 1 heterocycles. The third-order valence-electron chi connectivity index (χ3n) is 3.43. The maximum absolute atomic E-state index is 12.9. The van der Waals surface area contributed by atoms with E-state index in [-0.39, 0.29) is 4.90 Å². The summed E-state index contributed by atoms with van der Waals surface area (Å²) in [4.78, 5) is 0.271. The molecule has 0 aliphatic carbocycles. The molecule has 1 aliphatic heterocycles. The zero-order chi connectivity index (χ0) is 15.5. The second kappa shape index (κ2) is 6.45. The van der Waals surface area contributed by atoms with Crippen LogP contribution < -0.4 is 0 Å². The molecule has 0 fully saturated rings. The Morgan fingerprint density at radius 3 is 2.62 bits per heavy atom. The lowest BCUT2D eigenvalue weighted by Gasteiger charge is -2.35. The van der Waals surface area contributed by atoms with Gasteiger partial charge in [-0.25, -0.2) is 12.7 Å². The lowest BCUT2D eigenvalue weighted by atomic mass is 10.1. The molecule has 1 aromatic carbocycles. The Morgan fingerprint density at radius 1 is 1.38 bits per heavy atom. The number of aryl methyl sites for hydroxylation is 1. The molecule has 1 aliphatic rings. The van der Waals surface area contributed by atoms with Gasteiger partial charge in [-0.15, -0.1) is 0 Å². The second-order valence-electron chi connectivity index (χ2n) is 4.93. The molecule has 0 amide bonds. The van der Waals surface area contributed by atoms with Gasteiger partial charge in [-0.2, -0.15) is 0 Å². The largest absolute Gasteiger partial charge is 0.358 e. The highest BCUT2D eigenvalue weighted by atomic mass is 32.2. The number of sulfonamides is 1. The van der Waals surface area contributed by atoms with E-state index in [0.29, 0.717) is 18.7 Å². The van der Waals surface area contributed by atoms with Crippen molar-refractivity contribution in [1.82, 2.24) is 4.31 Å². The van der Waals surface area contributed by atoms with Crippen LogP contribution in [0.4, 0.5) is 0 Å². The summed E-state index contributed by atoms with van der Waals surface area (Å²) in [7, 11) is -3.64. The Kier molecular flexibility index (Phi) is 4.85. The molecular weight excluding hydrogens is 286 g/mol. The van der Waals surface area contributed by atoms with E-state index in [4.69, 9.17) is 4.74 Å². The zero-order valence-corrected chi connectivity index (χ0v) is 13.3. The van der Waals surface area contributed by atoms with Crippen LogP contribution in [0.2, 0.25) is 0 Å². The summed E-state index contributed by atoms with van der Waals surface area (Å²) in [6.07, 6.45) is 4.41. The molecule has 5 heteroatoms. The van der Waals surface area contributed by atoms with Crippen LogP contribution in [-0.2, 0) is 14.8 Å². The molecule has 1 aromatic rings. The van der Waals surface area contributed by atoms with E-state index in [1.54, 1.807) is 30.3 Å². The summed E-state index contributed by atoms with van der Waals surface area (Å²) in [6.45, 7) is 7.98. The fraction of sp³-hybridized carbons (Fsp3) is 0.375. The van der Waals surface area contributed by atoms with Crippen LogP contribution in [0.25, 0.3) is 0 Å². The number of benzene rings is 1. The summed E-state index contributed by atoms with van der Waals surface area (Å²) in [5.74, 6) is 0. The van der Waals surface area contributed by atoms with Gasteiger partial charge in [-0.05, 0) is 44.9 Å². The quantitative estimate of drug-likeness (QED) is 0.839. The average molecular weight is 307 g/mol. The summed E-state index contributed by atoms with van der Waals surface area (Å²) in [5, 5.41) is 0. The van der Waals surface area contributed by atoms with Gasteiger partial charge in [0.1, 0.15) is 6.23 Å². The third-order valence-corrected chi connectivity index (χ3v) is 5.26. The fourth-order valence-electron chi connectivity index (χ4n) is 2.38. The summed E-state index contributed by atoms with van der Waals surface area (Å²) in [5.41, 5.74) is 1.61. The standard InChI is InChI=1S/C16H21NO3S/c1-4-14-7-6-8-16(20-5-2)17(14)21(18,19)15-11-9-13(3)10-12-15/h4,7,9-12,16H,1,5-6,8H2,2-3H3. The molecule has 4 nitrogen and oxygen atoms in total. The van der Waals surface area contributed by atoms with Crippen LogP contribution in [0.3, 0.4) is 0 Å². The van der Waals surface area contributed by atoms with Crippen molar-refractivity contribution in [3.8, 4) is 0 Å². The zero-order valence-electron chi connectivity index (χ0n) is 12.5. The SMILES string of the molecule is C=CC1=CCCC(OCC)N1S(=O)(=O)c1ccc(C)cc1. The Bertz CT molecular complexity index is 632. The third kappa shape index (κ3) is 3.19. The van der Waals surface area contributed by atoms with Gasteiger partial charge in [0, 0.05) is 6.61 Å². The smallest absolute Gasteiger partial charge is 0.266 e. The minimum Gasteiger partial charge on any atom is -0.358 e. The molecule has 0 N–H and O–H groups in total. The predicted octanol–water partition coefficient (Wildman–Crippen LogP) is 3.21. The van der Waals surface area contributed by atoms with Crippen molar-refractivity contribution in [2.45, 2.75) is 37.8 Å². The summed E-state index contributed by atoms with van der Waals surface area (Å²) >= 11 is 0. The lowest BCUT2D eigenvalue weighted by Crippen LogP contribution is -2.42. The lowest BCUT2D eigenvalue weighted by molar-refractivity contribution is -0.00799. The van der Waals surface area contributed by atoms with E-state index in [0.717, 1.165) is 12.0 Å². The Balaban J connectivity index is 2.46. The molecule has 0 saturated heterocycles. The number of nitrogens with zero attached hydrogens (tertiary/aromatic N) is 1. The van der Waals surface area contributed by atoms with E-state index < -0.39 is 16.3 Å². The van der Waals surface area contributed by atoms with Crippen LogP contribution in [0.5, 0.6) is 0 Å². The van der Waals surface area contributed by atoms with Crippen LogP contribution in [0.1, 0.15) is 25.3 Å². The number of hydrogen-bond donors (Lipinski definition) is 0. The first-order valence-corrected chi connectivity index (χ1v) is 8.50. The van der Waals surface area contributed by atoms with Gasteiger partial charge in [0.15, 0.2) is 0 Å². The first kappa shape index (κ1) is 15.8. The molecule has 0 saturated carbocycles. The van der Waals surface area contributed by atoms with Crippen molar-refractivity contribution in [2.75, 3.05) is 6.61 Å². The fourth-order valence-corrected chi connectivity index (χ4v) is 3.99. The van der Waals surface area contributed by atoms with E-state index in [1.165, 1.54) is 4.31 Å². The van der Waals surface area contributed by atoms with Gasteiger partial charge in [0.25, 0.3) is 10.0 Å². The number of hydrogen-bond acceptors (Lipinski definition) is 3. The summed E-state index contributed by atoms with van der Waals surface area (Å²) < 4.78 is 32.8. The van der Waals surface area contributed by atoms with Gasteiger partial charge < -0.3 is 4.74 Å². The molecule has 114 valence electrons. The minimum absolute atomic E-state index is 0.271. The number of rotatable bonds is 5. The van der Waals surface area contributed by atoms with E-state index in [2.05, 4.69) is 6.58 Å². The first-order chi connectivity index (χ1) is 10.0. The highest BCUT2D eigenvalue weighted by molar-refractivity contribution is 7.89. The van der Waals surface area contributed by atoms with Gasteiger partial charge >= 0.3 is 0 Å². The second-order valence-corrected chi connectivity index (χ2v) is 6.75. The highest BCUT2D eigenvalue weighted by Crippen LogP contribution is 2.30. The molecular formula is C16H21NO3S. The van der Waals surface area contributed by atoms with Gasteiger partial charge in [0.2, 0.25) is 0 Å². The molecule has 1 unspecified atom stereocenters. The average Bonchev–Trinajstić information content (AvgIpc) is 2.47. The topological polar surface area (TPSA) is 46.6 Å². The molecule has 1 atom stereocenters. The van der Waals surface area contributed by atoms with Gasteiger partial charge in [-0.1, -0.05) is 30.4 Å². The molecule has 0 aromatic heterocycles. The first-order valence-electron chi connectivity index (χ1n) is 7.06. The molecule has 0 spiro atoms. The molecule has 0 radical (unpaired) electrons. The monoisotopic (exact) mass is 307 g/mol. The normalized spacial score (nSPS) is 19.2. The van der Waals surface area contributed by atoms with Crippen molar-refractivity contribution < 1.29 is 13.2 Å². The maximum atomic E-state index is 12.9. The number of allylic oxidation sites excluding steroid dienone is 2. The van der Waals surface area contributed by atoms with E-state index in [9.17, 15) is 8.42 Å². The van der Waals surface area contributed by atoms with E-state index >= 15 is 0 Å². The van der Waals surface area contributed by atoms with Crippen LogP contribution >= 0.6 is 0 Å². The molecule has 0 bridgehead atoms. The van der Waals surface area contributed by atoms with Crippen molar-refractivity contribution >= 4 is 10.0 Å². The predicted molar refractivity (Wildman–Crippen MR) is 83.1 cm³/mol. The van der Waals surface area contributed by atoms with Gasteiger partial charge in [0.05, 0.1) is 10.6 Å². The van der Waals surface area contributed by atoms with E-state index in [1.807, 2.05) is 19.9 Å². The highest BCUT2D eigenvalue weighted by Gasteiger charge is 2.34. The Labute approximate surface area is 126 Å². The minimum atomic E-state index is -3.64. The molecule has 2 rings (SSSR count). The van der Waals surface area contributed by atoms with Crippen molar-refractivity contribution in [3.63, 3.8) is 0 Å². The molecule has 21 heavy (non-hydrogen) atoms. The van der Waals surface area contributed by atoms with Crippen LogP contribution in [0.15, 0.2) is 53.6 Å². The summed E-state index contributed by atoms with van der Waals surface area (Å²) in [6, 6.07) is 6.85.